The number of carbonyl (C=O) groups excluding carboxylic acids is 3. The zero-order valence-electron chi connectivity index (χ0n) is 15.2. The second kappa shape index (κ2) is 9.33. The number of hydrogen-bond acceptors (Lipinski definition) is 5. The maximum atomic E-state index is 12.2. The molecule has 8 nitrogen and oxygen atoms in total. The lowest BCUT2D eigenvalue weighted by Gasteiger charge is -2.18. The number of benzene rings is 1. The van der Waals surface area contributed by atoms with E-state index in [2.05, 4.69) is 5.32 Å². The Labute approximate surface area is 156 Å². The van der Waals surface area contributed by atoms with E-state index >= 15 is 0 Å². The van der Waals surface area contributed by atoms with E-state index in [4.69, 9.17) is 4.74 Å². The largest absolute Gasteiger partial charge is 0.618 e. The van der Waals surface area contributed by atoms with Crippen molar-refractivity contribution in [1.82, 2.24) is 4.90 Å². The van der Waals surface area contributed by atoms with Gasteiger partial charge in [-0.2, -0.15) is 4.73 Å². The molecule has 2 amide bonds. The Hall–Kier alpha value is -3.42. The number of ether oxygens (including phenoxy) is 1. The van der Waals surface area contributed by atoms with Crippen LogP contribution in [-0.2, 0) is 9.53 Å². The molecule has 0 spiro atoms. The van der Waals surface area contributed by atoms with Crippen molar-refractivity contribution in [2.24, 2.45) is 0 Å². The average molecular weight is 371 g/mol. The third kappa shape index (κ3) is 5.27. The second-order valence-electron chi connectivity index (χ2n) is 5.59. The molecule has 0 fully saturated rings. The Balaban J connectivity index is 1.90. The SMILES string of the molecule is CCN(CC)C(=O)c1ccc(NC(=O)COC(=O)c2cccc[n+]2[O-])cc1. The fraction of sp³-hybridized carbons (Fsp3) is 0.263. The maximum Gasteiger partial charge on any atom is 0.405 e. The third-order valence-electron chi connectivity index (χ3n) is 3.83. The van der Waals surface area contributed by atoms with Crippen molar-refractivity contribution >= 4 is 23.5 Å². The lowest BCUT2D eigenvalue weighted by Crippen LogP contribution is -2.35. The van der Waals surface area contributed by atoms with Crippen molar-refractivity contribution < 1.29 is 23.9 Å². The standard InChI is InChI=1S/C19H21N3O5/c1-3-21(4-2)18(24)14-8-10-15(11-9-14)20-17(23)13-27-19(25)16-7-5-6-12-22(16)26/h5-12H,3-4,13H2,1-2H3,(H,20,23). The molecule has 1 aromatic heterocycles. The van der Waals surface area contributed by atoms with Crippen LogP contribution in [0, 0.1) is 5.21 Å². The highest BCUT2D eigenvalue weighted by Crippen LogP contribution is 2.12. The highest BCUT2D eigenvalue weighted by molar-refractivity contribution is 5.96. The van der Waals surface area contributed by atoms with Gasteiger partial charge in [0.15, 0.2) is 12.8 Å². The molecule has 0 radical (unpaired) electrons. The topological polar surface area (TPSA) is 103 Å². The highest BCUT2D eigenvalue weighted by atomic mass is 16.5. The summed E-state index contributed by atoms with van der Waals surface area (Å²) >= 11 is 0. The van der Waals surface area contributed by atoms with Crippen molar-refractivity contribution in [3.8, 4) is 0 Å². The monoisotopic (exact) mass is 371 g/mol. The maximum absolute atomic E-state index is 12.2. The fourth-order valence-electron chi connectivity index (χ4n) is 2.38. The predicted octanol–water partition coefficient (Wildman–Crippen LogP) is 1.60. The van der Waals surface area contributed by atoms with Gasteiger partial charge in [0, 0.05) is 36.5 Å². The van der Waals surface area contributed by atoms with E-state index in [1.54, 1.807) is 29.2 Å². The van der Waals surface area contributed by atoms with Crippen LogP contribution < -0.4 is 10.0 Å². The molecular formula is C19H21N3O5. The van der Waals surface area contributed by atoms with Gasteiger partial charge in [0.25, 0.3) is 11.8 Å². The summed E-state index contributed by atoms with van der Waals surface area (Å²) < 4.78 is 5.20. The van der Waals surface area contributed by atoms with E-state index in [1.165, 1.54) is 18.2 Å². The van der Waals surface area contributed by atoms with Gasteiger partial charge in [-0.3, -0.25) is 9.59 Å². The van der Waals surface area contributed by atoms with Crippen LogP contribution in [0.5, 0.6) is 0 Å². The summed E-state index contributed by atoms with van der Waals surface area (Å²) in [6, 6.07) is 10.7. The van der Waals surface area contributed by atoms with E-state index in [1.807, 2.05) is 13.8 Å². The van der Waals surface area contributed by atoms with Crippen LogP contribution >= 0.6 is 0 Å². The van der Waals surface area contributed by atoms with Gasteiger partial charge in [0.05, 0.1) is 0 Å². The smallest absolute Gasteiger partial charge is 0.405 e. The molecule has 0 aliphatic carbocycles. The summed E-state index contributed by atoms with van der Waals surface area (Å²) in [6.07, 6.45) is 1.16. The lowest BCUT2D eigenvalue weighted by molar-refractivity contribution is -0.608. The molecule has 27 heavy (non-hydrogen) atoms. The molecular weight excluding hydrogens is 350 g/mol. The van der Waals surface area contributed by atoms with Crippen molar-refractivity contribution in [2.45, 2.75) is 13.8 Å². The van der Waals surface area contributed by atoms with E-state index < -0.39 is 18.5 Å². The Bertz CT molecular complexity index is 816. The van der Waals surface area contributed by atoms with Crippen molar-refractivity contribution in [1.29, 1.82) is 0 Å². The quantitative estimate of drug-likeness (QED) is 0.452. The molecule has 2 aromatic rings. The molecule has 0 bridgehead atoms. The molecule has 1 aromatic carbocycles. The molecule has 2 rings (SSSR count). The zero-order chi connectivity index (χ0) is 19.8. The van der Waals surface area contributed by atoms with Gasteiger partial charge in [-0.05, 0) is 44.2 Å². The van der Waals surface area contributed by atoms with Crippen molar-refractivity contribution in [2.75, 3.05) is 25.0 Å². The van der Waals surface area contributed by atoms with E-state index in [9.17, 15) is 19.6 Å². The highest BCUT2D eigenvalue weighted by Gasteiger charge is 2.18. The van der Waals surface area contributed by atoms with E-state index in [-0.39, 0.29) is 11.6 Å². The number of aromatic nitrogens is 1. The summed E-state index contributed by atoms with van der Waals surface area (Å²) in [7, 11) is 0. The molecule has 0 aliphatic heterocycles. The van der Waals surface area contributed by atoms with Crippen LogP contribution in [0.15, 0.2) is 48.7 Å². The fourth-order valence-corrected chi connectivity index (χ4v) is 2.38. The minimum absolute atomic E-state index is 0.0828. The van der Waals surface area contributed by atoms with Crippen LogP contribution in [0.1, 0.15) is 34.7 Å². The lowest BCUT2D eigenvalue weighted by atomic mass is 10.2. The minimum atomic E-state index is -0.888. The first-order valence-corrected chi connectivity index (χ1v) is 8.50. The summed E-state index contributed by atoms with van der Waals surface area (Å²) in [5.74, 6) is -1.53. The van der Waals surface area contributed by atoms with Crippen LogP contribution in [0.3, 0.4) is 0 Å². The Morgan fingerprint density at radius 3 is 2.33 bits per heavy atom. The zero-order valence-corrected chi connectivity index (χ0v) is 15.2. The molecule has 1 heterocycles. The number of pyridine rings is 1. The number of hydrogen-bond donors (Lipinski definition) is 1. The van der Waals surface area contributed by atoms with E-state index in [0.717, 1.165) is 6.20 Å². The van der Waals surface area contributed by atoms with Gasteiger partial charge < -0.3 is 20.2 Å². The van der Waals surface area contributed by atoms with Gasteiger partial charge in [-0.1, -0.05) is 0 Å². The summed E-state index contributed by atoms with van der Waals surface area (Å²) in [6.45, 7) is 4.50. The second-order valence-corrected chi connectivity index (χ2v) is 5.59. The first-order chi connectivity index (χ1) is 13.0. The van der Waals surface area contributed by atoms with Crippen LogP contribution in [-0.4, -0.2) is 42.4 Å². The molecule has 142 valence electrons. The molecule has 0 saturated heterocycles. The van der Waals surface area contributed by atoms with Crippen molar-refractivity contribution in [3.63, 3.8) is 0 Å². The molecule has 0 saturated carbocycles. The number of amides is 2. The van der Waals surface area contributed by atoms with E-state index in [0.29, 0.717) is 29.1 Å². The van der Waals surface area contributed by atoms with Gasteiger partial charge in [0.2, 0.25) is 0 Å². The molecule has 0 atom stereocenters. The Kier molecular flexibility index (Phi) is 6.87. The van der Waals surface area contributed by atoms with Crippen LogP contribution in [0.4, 0.5) is 5.69 Å². The van der Waals surface area contributed by atoms with Gasteiger partial charge in [-0.25, -0.2) is 4.79 Å². The minimum Gasteiger partial charge on any atom is -0.618 e. The van der Waals surface area contributed by atoms with Crippen molar-refractivity contribution in [3.05, 3.63) is 65.1 Å². The predicted molar refractivity (Wildman–Crippen MR) is 98.0 cm³/mol. The molecule has 0 unspecified atom stereocenters. The summed E-state index contributed by atoms with van der Waals surface area (Å²) in [4.78, 5) is 37.6. The first kappa shape index (κ1) is 19.9. The van der Waals surface area contributed by atoms with Gasteiger partial charge >= 0.3 is 11.7 Å². The average Bonchev–Trinajstić information content (AvgIpc) is 2.68. The Morgan fingerprint density at radius 1 is 1.07 bits per heavy atom. The van der Waals surface area contributed by atoms with Gasteiger partial charge in [-0.15, -0.1) is 0 Å². The summed E-state index contributed by atoms with van der Waals surface area (Å²) in [5, 5.41) is 14.0. The third-order valence-corrected chi connectivity index (χ3v) is 3.83. The number of anilines is 1. The Morgan fingerprint density at radius 2 is 1.74 bits per heavy atom. The number of nitrogens with zero attached hydrogens (tertiary/aromatic N) is 2. The number of nitrogens with one attached hydrogen (secondary N) is 1. The van der Waals surface area contributed by atoms with Crippen LogP contribution in [0.2, 0.25) is 0 Å². The number of carbonyl (C=O) groups is 3. The number of rotatable bonds is 7. The number of esters is 1. The van der Waals surface area contributed by atoms with Gasteiger partial charge in [0.1, 0.15) is 0 Å². The molecule has 1 N–H and O–H groups in total. The first-order valence-electron chi connectivity index (χ1n) is 8.50. The molecule has 0 aliphatic rings. The normalized spacial score (nSPS) is 10.1. The molecule has 8 heteroatoms. The summed E-state index contributed by atoms with van der Waals surface area (Å²) in [5.41, 5.74) is 0.780. The van der Waals surface area contributed by atoms with Crippen LogP contribution in [0.25, 0.3) is 0 Å².